The number of hydrogen-bond donors (Lipinski definition) is 1. The maximum Gasteiger partial charge on any atom is 0.130 e. The van der Waals surface area contributed by atoms with Crippen LogP contribution >= 0.6 is 11.6 Å². The highest BCUT2D eigenvalue weighted by Gasteiger charge is 2.07. The van der Waals surface area contributed by atoms with E-state index in [9.17, 15) is 0 Å². The van der Waals surface area contributed by atoms with E-state index in [4.69, 9.17) is 22.1 Å². The second-order valence-electron chi connectivity index (χ2n) is 3.71. The quantitative estimate of drug-likeness (QED) is 0.906. The molecule has 2 aromatic rings. The highest BCUT2D eigenvalue weighted by atomic mass is 35.5. The summed E-state index contributed by atoms with van der Waals surface area (Å²) >= 11 is 6.04. The summed E-state index contributed by atoms with van der Waals surface area (Å²) in [6.45, 7) is 0.810. The van der Waals surface area contributed by atoms with Gasteiger partial charge in [0.1, 0.15) is 12.4 Å². The van der Waals surface area contributed by atoms with Crippen LogP contribution in [0.15, 0.2) is 30.7 Å². The van der Waals surface area contributed by atoms with Crippen molar-refractivity contribution in [3.63, 3.8) is 0 Å². The number of nitrogens with two attached hydrogens (primary N) is 1. The fourth-order valence-corrected chi connectivity index (χ4v) is 1.79. The van der Waals surface area contributed by atoms with Crippen molar-refractivity contribution in [3.8, 4) is 5.75 Å². The van der Waals surface area contributed by atoms with E-state index in [2.05, 4.69) is 4.98 Å². The summed E-state index contributed by atoms with van der Waals surface area (Å²) in [6.07, 6.45) is 3.51. The highest BCUT2D eigenvalue weighted by molar-refractivity contribution is 6.31. The van der Waals surface area contributed by atoms with Crippen LogP contribution in [-0.4, -0.2) is 9.55 Å². The first kappa shape index (κ1) is 12.0. The van der Waals surface area contributed by atoms with Crippen molar-refractivity contribution in [1.29, 1.82) is 0 Å². The largest absolute Gasteiger partial charge is 0.487 e. The summed E-state index contributed by atoms with van der Waals surface area (Å²) in [5.74, 6) is 0.723. The van der Waals surface area contributed by atoms with Crippen LogP contribution in [0.1, 0.15) is 11.3 Å². The standard InChI is InChI=1S/C12H14ClN3O/c1-16-8-15-6-9(16)7-17-12-4-2-3-11(13)10(12)5-14/h2-4,6,8H,5,7,14H2,1H3. The van der Waals surface area contributed by atoms with Crippen LogP contribution in [0.2, 0.25) is 5.02 Å². The SMILES string of the molecule is Cn1cncc1COc1cccc(Cl)c1CN. The lowest BCUT2D eigenvalue weighted by atomic mass is 10.2. The Hall–Kier alpha value is -1.52. The third kappa shape index (κ3) is 2.60. The zero-order chi connectivity index (χ0) is 12.3. The Morgan fingerprint density at radius 1 is 1.47 bits per heavy atom. The molecule has 0 aliphatic carbocycles. The Kier molecular flexibility index (Phi) is 3.66. The van der Waals surface area contributed by atoms with Crippen molar-refractivity contribution < 1.29 is 4.74 Å². The summed E-state index contributed by atoms with van der Waals surface area (Å²) in [6, 6.07) is 5.52. The van der Waals surface area contributed by atoms with Crippen molar-refractivity contribution in [2.75, 3.05) is 0 Å². The molecule has 5 heteroatoms. The van der Waals surface area contributed by atoms with Gasteiger partial charge in [0.2, 0.25) is 0 Å². The van der Waals surface area contributed by atoms with E-state index in [0.29, 0.717) is 18.2 Å². The van der Waals surface area contributed by atoms with Crippen LogP contribution in [-0.2, 0) is 20.2 Å². The molecular weight excluding hydrogens is 238 g/mol. The molecule has 0 radical (unpaired) electrons. The van der Waals surface area contributed by atoms with E-state index in [1.165, 1.54) is 0 Å². The molecule has 1 aromatic carbocycles. The predicted octanol–water partition coefficient (Wildman–Crippen LogP) is 2.11. The van der Waals surface area contributed by atoms with Gasteiger partial charge in [-0.3, -0.25) is 0 Å². The van der Waals surface area contributed by atoms with Gasteiger partial charge in [-0.15, -0.1) is 0 Å². The lowest BCUT2D eigenvalue weighted by Gasteiger charge is -2.11. The molecule has 0 saturated carbocycles. The summed E-state index contributed by atoms with van der Waals surface area (Å²) in [4.78, 5) is 4.03. The number of imidazole rings is 1. The zero-order valence-corrected chi connectivity index (χ0v) is 10.3. The van der Waals surface area contributed by atoms with Gasteiger partial charge in [-0.25, -0.2) is 4.98 Å². The van der Waals surface area contributed by atoms with Gasteiger partial charge in [-0.2, -0.15) is 0 Å². The molecule has 2 N–H and O–H groups in total. The first-order valence-corrected chi connectivity index (χ1v) is 5.65. The van der Waals surface area contributed by atoms with Crippen LogP contribution in [0.4, 0.5) is 0 Å². The van der Waals surface area contributed by atoms with E-state index in [-0.39, 0.29) is 0 Å². The molecule has 0 saturated heterocycles. The van der Waals surface area contributed by atoms with Gasteiger partial charge in [0.15, 0.2) is 0 Å². The molecule has 0 spiro atoms. The van der Waals surface area contributed by atoms with Gasteiger partial charge < -0.3 is 15.0 Å². The number of aromatic nitrogens is 2. The minimum Gasteiger partial charge on any atom is -0.487 e. The van der Waals surface area contributed by atoms with Crippen molar-refractivity contribution in [1.82, 2.24) is 9.55 Å². The van der Waals surface area contributed by atoms with Crippen molar-refractivity contribution in [2.45, 2.75) is 13.2 Å². The maximum atomic E-state index is 6.04. The number of nitrogens with zero attached hydrogens (tertiary/aromatic N) is 2. The minimum absolute atomic E-state index is 0.362. The van der Waals surface area contributed by atoms with Crippen LogP contribution in [0.25, 0.3) is 0 Å². The number of hydrogen-bond acceptors (Lipinski definition) is 3. The van der Waals surface area contributed by atoms with Gasteiger partial charge in [0.05, 0.1) is 18.2 Å². The van der Waals surface area contributed by atoms with E-state index < -0.39 is 0 Å². The third-order valence-electron chi connectivity index (χ3n) is 2.57. The van der Waals surface area contributed by atoms with Crippen molar-refractivity contribution in [2.24, 2.45) is 12.8 Å². The van der Waals surface area contributed by atoms with Crippen molar-refractivity contribution >= 4 is 11.6 Å². The first-order valence-electron chi connectivity index (χ1n) is 5.28. The van der Waals surface area contributed by atoms with E-state index >= 15 is 0 Å². The summed E-state index contributed by atoms with van der Waals surface area (Å²) in [7, 11) is 1.92. The second kappa shape index (κ2) is 5.21. The van der Waals surface area contributed by atoms with Gasteiger partial charge in [-0.1, -0.05) is 17.7 Å². The maximum absolute atomic E-state index is 6.04. The Morgan fingerprint density at radius 2 is 2.29 bits per heavy atom. The van der Waals surface area contributed by atoms with E-state index in [1.54, 1.807) is 18.6 Å². The van der Waals surface area contributed by atoms with Crippen LogP contribution in [0.5, 0.6) is 5.75 Å². The number of ether oxygens (including phenoxy) is 1. The Balaban J connectivity index is 2.14. The minimum atomic E-state index is 0.362. The Bertz CT molecular complexity index is 510. The fourth-order valence-electron chi connectivity index (χ4n) is 1.55. The molecule has 0 aliphatic rings. The lowest BCUT2D eigenvalue weighted by molar-refractivity contribution is 0.294. The Labute approximate surface area is 105 Å². The molecule has 90 valence electrons. The molecule has 4 nitrogen and oxygen atoms in total. The van der Waals surface area contributed by atoms with Gasteiger partial charge in [-0.05, 0) is 12.1 Å². The van der Waals surface area contributed by atoms with E-state index in [0.717, 1.165) is 17.0 Å². The molecule has 0 atom stereocenters. The fraction of sp³-hybridized carbons (Fsp3) is 0.250. The number of rotatable bonds is 4. The van der Waals surface area contributed by atoms with Crippen LogP contribution in [0.3, 0.4) is 0 Å². The molecule has 1 heterocycles. The van der Waals surface area contributed by atoms with Gasteiger partial charge >= 0.3 is 0 Å². The average molecular weight is 252 g/mol. The van der Waals surface area contributed by atoms with Crippen molar-refractivity contribution in [3.05, 3.63) is 47.0 Å². The molecule has 0 aliphatic heterocycles. The zero-order valence-electron chi connectivity index (χ0n) is 9.56. The molecule has 2 rings (SSSR count). The average Bonchev–Trinajstić information content (AvgIpc) is 2.72. The molecule has 0 unspecified atom stereocenters. The monoisotopic (exact) mass is 251 g/mol. The number of benzene rings is 1. The molecule has 17 heavy (non-hydrogen) atoms. The molecule has 0 fully saturated rings. The van der Waals surface area contributed by atoms with Gasteiger partial charge in [0, 0.05) is 24.2 Å². The van der Waals surface area contributed by atoms with E-state index in [1.807, 2.05) is 23.7 Å². The Morgan fingerprint density at radius 3 is 2.94 bits per heavy atom. The molecule has 0 amide bonds. The third-order valence-corrected chi connectivity index (χ3v) is 2.93. The predicted molar refractivity (Wildman–Crippen MR) is 66.9 cm³/mol. The summed E-state index contributed by atoms with van der Waals surface area (Å²) in [5.41, 5.74) is 7.47. The highest BCUT2D eigenvalue weighted by Crippen LogP contribution is 2.26. The molecule has 1 aromatic heterocycles. The second-order valence-corrected chi connectivity index (χ2v) is 4.11. The van der Waals surface area contributed by atoms with Crippen LogP contribution in [0, 0.1) is 0 Å². The topological polar surface area (TPSA) is 53.1 Å². The number of halogens is 1. The summed E-state index contributed by atoms with van der Waals surface area (Å²) < 4.78 is 7.62. The summed E-state index contributed by atoms with van der Waals surface area (Å²) in [5, 5.41) is 0.634. The van der Waals surface area contributed by atoms with Crippen LogP contribution < -0.4 is 10.5 Å². The molecular formula is C12H14ClN3O. The van der Waals surface area contributed by atoms with Gasteiger partial charge in [0.25, 0.3) is 0 Å². The normalized spacial score (nSPS) is 10.5. The molecule has 0 bridgehead atoms. The lowest BCUT2D eigenvalue weighted by Crippen LogP contribution is -2.05. The first-order chi connectivity index (χ1) is 8.22. The number of aryl methyl sites for hydroxylation is 1. The smallest absolute Gasteiger partial charge is 0.130 e.